The lowest BCUT2D eigenvalue weighted by Crippen LogP contribution is -2.29. The Morgan fingerprint density at radius 3 is 2.66 bits per heavy atom. The molecule has 1 atom stereocenters. The van der Waals surface area contributed by atoms with Gasteiger partial charge in [0.25, 0.3) is 11.7 Å². The van der Waals surface area contributed by atoms with Gasteiger partial charge in [-0.1, -0.05) is 17.7 Å². The Hall–Kier alpha value is -3.29. The van der Waals surface area contributed by atoms with E-state index in [-0.39, 0.29) is 11.3 Å². The summed E-state index contributed by atoms with van der Waals surface area (Å²) >= 11 is 7.44. The van der Waals surface area contributed by atoms with Crippen molar-refractivity contribution >= 4 is 51.8 Å². The van der Waals surface area contributed by atoms with Crippen molar-refractivity contribution in [2.45, 2.75) is 6.04 Å². The number of fused-ring (bicyclic) bond motifs is 1. The predicted octanol–water partition coefficient (Wildman–Crippen LogP) is 4.86. The van der Waals surface area contributed by atoms with Crippen molar-refractivity contribution in [1.82, 2.24) is 0 Å². The first-order valence-corrected chi connectivity index (χ1v) is 11.3. The number of anilines is 2. The summed E-state index contributed by atoms with van der Waals surface area (Å²) in [5.41, 5.74) is 1.87. The molecule has 0 aliphatic carbocycles. The van der Waals surface area contributed by atoms with E-state index in [2.05, 4.69) is 0 Å². The molecule has 1 saturated heterocycles. The number of rotatable bonds is 3. The lowest BCUT2D eigenvalue weighted by atomic mass is 9.99. The summed E-state index contributed by atoms with van der Waals surface area (Å²) in [6, 6.07) is 15.0. The second-order valence-electron chi connectivity index (χ2n) is 7.61. The largest absolute Gasteiger partial charge is 0.507 e. The second kappa shape index (κ2) is 8.00. The number of benzene rings is 2. The summed E-state index contributed by atoms with van der Waals surface area (Å²) in [4.78, 5) is 30.5. The number of carbonyl (C=O) groups is 2. The van der Waals surface area contributed by atoms with Gasteiger partial charge in [0.05, 0.1) is 17.8 Å². The molecule has 5 rings (SSSR count). The van der Waals surface area contributed by atoms with E-state index in [0.29, 0.717) is 35.2 Å². The number of likely N-dealkylation sites (N-methyl/N-ethyl adjacent to an activating group) is 1. The zero-order valence-corrected chi connectivity index (χ0v) is 18.7. The molecule has 1 aromatic heterocycles. The van der Waals surface area contributed by atoms with E-state index in [0.717, 1.165) is 10.6 Å². The van der Waals surface area contributed by atoms with Gasteiger partial charge in [-0.05, 0) is 53.9 Å². The molecule has 0 saturated carbocycles. The highest BCUT2D eigenvalue weighted by atomic mass is 35.5. The van der Waals surface area contributed by atoms with Crippen LogP contribution in [0.5, 0.6) is 5.75 Å². The third-order valence-corrected chi connectivity index (χ3v) is 6.87. The molecular weight excluding hydrogens is 448 g/mol. The standard InChI is InChI=1S/C24H19ClN2O4S/c1-26-10-11-31-18-9-4-14(13-17(18)26)22(28)20-21(19-3-2-12-32-19)27(24(30)23(20)29)16-7-5-15(25)6-8-16/h2-9,12-13,21,28H,10-11H2,1H3/b22-20-. The Bertz CT molecular complexity index is 1240. The number of Topliss-reactive ketones (excluding diaryl/α,β-unsaturated/α-hetero) is 1. The number of nitrogens with zero attached hydrogens (tertiary/aromatic N) is 2. The van der Waals surface area contributed by atoms with E-state index in [1.54, 1.807) is 42.5 Å². The highest BCUT2D eigenvalue weighted by Gasteiger charge is 2.47. The van der Waals surface area contributed by atoms with Crippen LogP contribution in [0.1, 0.15) is 16.5 Å². The normalized spacial score (nSPS) is 19.8. The van der Waals surface area contributed by atoms with Gasteiger partial charge in [-0.25, -0.2) is 0 Å². The molecule has 1 fully saturated rings. The third kappa shape index (κ3) is 3.34. The molecule has 3 heterocycles. The molecule has 1 unspecified atom stereocenters. The van der Waals surface area contributed by atoms with Crippen LogP contribution in [-0.2, 0) is 9.59 Å². The number of halogens is 1. The van der Waals surface area contributed by atoms with Crippen LogP contribution in [0.25, 0.3) is 5.76 Å². The average Bonchev–Trinajstić information content (AvgIpc) is 3.41. The molecule has 0 radical (unpaired) electrons. The van der Waals surface area contributed by atoms with Crippen LogP contribution in [0.2, 0.25) is 5.02 Å². The van der Waals surface area contributed by atoms with Crippen molar-refractivity contribution in [3.8, 4) is 5.75 Å². The molecule has 2 aromatic carbocycles. The first-order chi connectivity index (χ1) is 15.5. The van der Waals surface area contributed by atoms with Gasteiger partial charge in [-0.3, -0.25) is 14.5 Å². The average molecular weight is 467 g/mol. The van der Waals surface area contributed by atoms with Crippen LogP contribution in [0.15, 0.2) is 65.6 Å². The van der Waals surface area contributed by atoms with Crippen LogP contribution < -0.4 is 14.5 Å². The number of hydrogen-bond acceptors (Lipinski definition) is 6. The summed E-state index contributed by atoms with van der Waals surface area (Å²) in [5, 5.41) is 13.7. The predicted molar refractivity (Wildman–Crippen MR) is 126 cm³/mol. The SMILES string of the molecule is CN1CCOc2ccc(/C(O)=C3/C(=O)C(=O)N(c4ccc(Cl)cc4)C3c3cccs3)cc21. The maximum atomic E-state index is 13.2. The molecule has 6 nitrogen and oxygen atoms in total. The minimum Gasteiger partial charge on any atom is -0.507 e. The summed E-state index contributed by atoms with van der Waals surface area (Å²) < 4.78 is 5.68. The zero-order chi connectivity index (χ0) is 22.4. The summed E-state index contributed by atoms with van der Waals surface area (Å²) in [5.74, 6) is -0.907. The molecule has 0 bridgehead atoms. The molecular formula is C24H19ClN2O4S. The van der Waals surface area contributed by atoms with Crippen molar-refractivity contribution in [2.24, 2.45) is 0 Å². The first kappa shape index (κ1) is 20.6. The number of amides is 1. The first-order valence-electron chi connectivity index (χ1n) is 10.0. The van der Waals surface area contributed by atoms with Crippen molar-refractivity contribution in [2.75, 3.05) is 30.0 Å². The molecule has 162 valence electrons. The van der Waals surface area contributed by atoms with Gasteiger partial charge in [-0.15, -0.1) is 11.3 Å². The Kier molecular flexibility index (Phi) is 5.15. The van der Waals surface area contributed by atoms with Crippen molar-refractivity contribution < 1.29 is 19.4 Å². The van der Waals surface area contributed by atoms with Gasteiger partial charge in [0.1, 0.15) is 24.2 Å². The molecule has 8 heteroatoms. The van der Waals surface area contributed by atoms with Crippen LogP contribution in [-0.4, -0.2) is 37.0 Å². The zero-order valence-electron chi connectivity index (χ0n) is 17.1. The monoisotopic (exact) mass is 466 g/mol. The van der Waals surface area contributed by atoms with Crippen LogP contribution in [0, 0.1) is 0 Å². The van der Waals surface area contributed by atoms with E-state index >= 15 is 0 Å². The van der Waals surface area contributed by atoms with Crippen LogP contribution >= 0.6 is 22.9 Å². The fourth-order valence-corrected chi connectivity index (χ4v) is 5.02. The van der Waals surface area contributed by atoms with Crippen molar-refractivity contribution in [3.05, 3.63) is 81.0 Å². The van der Waals surface area contributed by atoms with Crippen molar-refractivity contribution in [3.63, 3.8) is 0 Å². The van der Waals surface area contributed by atoms with E-state index in [9.17, 15) is 14.7 Å². The summed E-state index contributed by atoms with van der Waals surface area (Å²) in [6.07, 6.45) is 0. The number of carbonyl (C=O) groups excluding carboxylic acids is 2. The van der Waals surface area contributed by atoms with Gasteiger partial charge in [0, 0.05) is 28.2 Å². The van der Waals surface area contributed by atoms with Gasteiger partial charge >= 0.3 is 0 Å². The number of ether oxygens (including phenoxy) is 1. The lowest BCUT2D eigenvalue weighted by Gasteiger charge is -2.28. The second-order valence-corrected chi connectivity index (χ2v) is 9.03. The van der Waals surface area contributed by atoms with E-state index in [4.69, 9.17) is 16.3 Å². The minimum absolute atomic E-state index is 0.0618. The maximum Gasteiger partial charge on any atom is 0.300 e. The highest BCUT2D eigenvalue weighted by Crippen LogP contribution is 2.44. The molecule has 2 aliphatic rings. The van der Waals surface area contributed by atoms with Crippen molar-refractivity contribution in [1.29, 1.82) is 0 Å². The number of ketones is 1. The van der Waals surface area contributed by atoms with E-state index in [1.807, 2.05) is 29.5 Å². The smallest absolute Gasteiger partial charge is 0.300 e. The van der Waals surface area contributed by atoms with E-state index in [1.165, 1.54) is 16.2 Å². The van der Waals surface area contributed by atoms with Gasteiger partial charge < -0.3 is 14.7 Å². The third-order valence-electron chi connectivity index (χ3n) is 5.69. The number of aliphatic hydroxyl groups is 1. The minimum atomic E-state index is -0.735. The van der Waals surface area contributed by atoms with E-state index < -0.39 is 17.7 Å². The Labute approximate surface area is 193 Å². The molecule has 1 N–H and O–H groups in total. The molecule has 32 heavy (non-hydrogen) atoms. The number of thiophene rings is 1. The molecule has 0 spiro atoms. The summed E-state index contributed by atoms with van der Waals surface area (Å²) in [7, 11) is 1.94. The van der Waals surface area contributed by atoms with Gasteiger partial charge in [0.2, 0.25) is 0 Å². The van der Waals surface area contributed by atoms with Gasteiger partial charge in [0.15, 0.2) is 0 Å². The van der Waals surface area contributed by atoms with Gasteiger partial charge in [-0.2, -0.15) is 0 Å². The summed E-state index contributed by atoms with van der Waals surface area (Å²) in [6.45, 7) is 1.30. The Morgan fingerprint density at radius 1 is 1.16 bits per heavy atom. The molecule has 1 amide bonds. The lowest BCUT2D eigenvalue weighted by molar-refractivity contribution is -0.132. The number of aliphatic hydroxyl groups excluding tert-OH is 1. The molecule has 3 aromatic rings. The molecule has 2 aliphatic heterocycles. The topological polar surface area (TPSA) is 70.1 Å². The highest BCUT2D eigenvalue weighted by molar-refractivity contribution is 7.10. The Morgan fingerprint density at radius 2 is 1.94 bits per heavy atom. The Balaban J connectivity index is 1.67. The van der Waals surface area contributed by atoms with Crippen LogP contribution in [0.4, 0.5) is 11.4 Å². The number of hydrogen-bond donors (Lipinski definition) is 1. The maximum absolute atomic E-state index is 13.2. The quantitative estimate of drug-likeness (QED) is 0.339. The fourth-order valence-electron chi connectivity index (χ4n) is 4.07. The van der Waals surface area contributed by atoms with Crippen LogP contribution in [0.3, 0.4) is 0 Å². The fraction of sp³-hybridized carbons (Fsp3) is 0.167.